The largest absolute Gasteiger partial charge is 0.353 e. The summed E-state index contributed by atoms with van der Waals surface area (Å²) in [6.45, 7) is 4.51. The van der Waals surface area contributed by atoms with Crippen LogP contribution >= 0.6 is 15.9 Å². The van der Waals surface area contributed by atoms with Gasteiger partial charge >= 0.3 is 0 Å². The third-order valence-electron chi connectivity index (χ3n) is 5.01. The zero-order valence-corrected chi connectivity index (χ0v) is 13.3. The van der Waals surface area contributed by atoms with E-state index in [1.54, 1.807) is 0 Å². The first-order valence-corrected chi connectivity index (χ1v) is 8.53. The van der Waals surface area contributed by atoms with Crippen molar-refractivity contribution in [1.82, 2.24) is 5.32 Å². The quantitative estimate of drug-likeness (QED) is 0.787. The molecule has 2 rings (SSSR count). The summed E-state index contributed by atoms with van der Waals surface area (Å²) in [7, 11) is 0. The smallest absolute Gasteiger partial charge is 0.223 e. The van der Waals surface area contributed by atoms with Crippen molar-refractivity contribution in [3.05, 3.63) is 0 Å². The van der Waals surface area contributed by atoms with Gasteiger partial charge in [-0.05, 0) is 37.0 Å². The van der Waals surface area contributed by atoms with E-state index in [9.17, 15) is 4.79 Å². The van der Waals surface area contributed by atoms with Gasteiger partial charge in [0.15, 0.2) is 0 Å². The molecule has 3 heteroatoms. The average molecular weight is 316 g/mol. The zero-order chi connectivity index (χ0) is 13.2. The van der Waals surface area contributed by atoms with Gasteiger partial charge in [0, 0.05) is 17.3 Å². The molecule has 2 nitrogen and oxygen atoms in total. The summed E-state index contributed by atoms with van der Waals surface area (Å²) < 4.78 is 0. The number of rotatable bonds is 3. The van der Waals surface area contributed by atoms with Gasteiger partial charge in [0.25, 0.3) is 0 Å². The van der Waals surface area contributed by atoms with Crippen LogP contribution in [0.1, 0.15) is 58.8 Å². The van der Waals surface area contributed by atoms with Crippen LogP contribution in [0.3, 0.4) is 0 Å². The molecule has 2 aliphatic rings. The minimum Gasteiger partial charge on any atom is -0.353 e. The molecule has 1 N–H and O–H groups in total. The Labute approximate surface area is 119 Å². The maximum atomic E-state index is 12.5. The second kappa shape index (κ2) is 5.94. The number of amides is 1. The van der Waals surface area contributed by atoms with E-state index in [0.717, 1.165) is 18.2 Å². The monoisotopic (exact) mass is 315 g/mol. The predicted octanol–water partition coefficient (Wildman–Crippen LogP) is 3.88. The molecule has 0 bridgehead atoms. The molecule has 0 aliphatic heterocycles. The number of alkyl halides is 1. The van der Waals surface area contributed by atoms with Crippen molar-refractivity contribution in [2.45, 2.75) is 64.8 Å². The Morgan fingerprint density at radius 1 is 1.22 bits per heavy atom. The van der Waals surface area contributed by atoms with Crippen molar-refractivity contribution < 1.29 is 4.79 Å². The lowest BCUT2D eigenvalue weighted by molar-refractivity contribution is -0.131. The molecule has 18 heavy (non-hydrogen) atoms. The van der Waals surface area contributed by atoms with Gasteiger partial charge in [-0.1, -0.05) is 49.0 Å². The van der Waals surface area contributed by atoms with Crippen molar-refractivity contribution >= 4 is 21.8 Å². The lowest BCUT2D eigenvalue weighted by atomic mass is 9.68. The Kier molecular flexibility index (Phi) is 4.74. The topological polar surface area (TPSA) is 29.1 Å². The van der Waals surface area contributed by atoms with Gasteiger partial charge in [0.1, 0.15) is 0 Å². The Balaban J connectivity index is 1.94. The van der Waals surface area contributed by atoms with E-state index >= 15 is 0 Å². The molecule has 0 aromatic heterocycles. The van der Waals surface area contributed by atoms with Crippen molar-refractivity contribution in [3.8, 4) is 0 Å². The molecule has 0 saturated heterocycles. The van der Waals surface area contributed by atoms with Crippen LogP contribution < -0.4 is 5.32 Å². The van der Waals surface area contributed by atoms with E-state index < -0.39 is 0 Å². The number of halogens is 1. The van der Waals surface area contributed by atoms with Crippen LogP contribution in [0.25, 0.3) is 0 Å². The van der Waals surface area contributed by atoms with Crippen molar-refractivity contribution in [2.75, 3.05) is 5.33 Å². The standard InChI is InChI=1S/C15H26BrNO/c1-15(2)9-4-3-7-12(15)14(18)17-13-8-5-6-11(13)10-16/h11-13H,3-10H2,1-2H3,(H,17,18). The van der Waals surface area contributed by atoms with E-state index in [1.165, 1.54) is 32.1 Å². The molecule has 2 aliphatic carbocycles. The van der Waals surface area contributed by atoms with Crippen molar-refractivity contribution in [1.29, 1.82) is 0 Å². The number of carbonyl (C=O) groups is 1. The normalized spacial score (nSPS) is 35.4. The molecule has 0 aromatic rings. The number of carbonyl (C=O) groups excluding carboxylic acids is 1. The molecule has 3 atom stereocenters. The Morgan fingerprint density at radius 2 is 2.00 bits per heavy atom. The molecule has 2 saturated carbocycles. The summed E-state index contributed by atoms with van der Waals surface area (Å²) >= 11 is 3.57. The van der Waals surface area contributed by atoms with Gasteiger partial charge in [0.05, 0.1) is 0 Å². The predicted molar refractivity (Wildman–Crippen MR) is 78.8 cm³/mol. The minimum atomic E-state index is 0.185. The molecule has 104 valence electrons. The van der Waals surface area contributed by atoms with Crippen molar-refractivity contribution in [2.24, 2.45) is 17.3 Å². The van der Waals surface area contributed by atoms with Crippen LogP contribution in [-0.4, -0.2) is 17.3 Å². The second-order valence-electron chi connectivity index (χ2n) is 6.75. The van der Waals surface area contributed by atoms with Gasteiger partial charge in [-0.2, -0.15) is 0 Å². The summed E-state index contributed by atoms with van der Waals surface area (Å²) in [5.74, 6) is 1.18. The second-order valence-corrected chi connectivity index (χ2v) is 7.39. The van der Waals surface area contributed by atoms with Crippen LogP contribution in [0, 0.1) is 17.3 Å². The van der Waals surface area contributed by atoms with Crippen molar-refractivity contribution in [3.63, 3.8) is 0 Å². The van der Waals surface area contributed by atoms with E-state index in [4.69, 9.17) is 0 Å². The molecule has 3 unspecified atom stereocenters. The molecule has 0 aromatic carbocycles. The van der Waals surface area contributed by atoms with Crippen LogP contribution in [0.15, 0.2) is 0 Å². The van der Waals surface area contributed by atoms with Gasteiger partial charge in [0.2, 0.25) is 5.91 Å². The summed E-state index contributed by atoms with van der Waals surface area (Å²) in [6.07, 6.45) is 8.44. The summed E-state index contributed by atoms with van der Waals surface area (Å²) in [5, 5.41) is 4.36. The first-order valence-electron chi connectivity index (χ1n) is 7.41. The van der Waals surface area contributed by atoms with Crippen LogP contribution in [0.5, 0.6) is 0 Å². The van der Waals surface area contributed by atoms with Crippen LogP contribution in [-0.2, 0) is 4.79 Å². The fraction of sp³-hybridized carbons (Fsp3) is 0.933. The number of hydrogen-bond donors (Lipinski definition) is 1. The van der Waals surface area contributed by atoms with Crippen LogP contribution in [0.4, 0.5) is 0 Å². The molecular formula is C15H26BrNO. The fourth-order valence-electron chi connectivity index (χ4n) is 3.67. The maximum Gasteiger partial charge on any atom is 0.223 e. The maximum absolute atomic E-state index is 12.5. The molecule has 2 fully saturated rings. The van der Waals surface area contributed by atoms with Gasteiger partial charge in [-0.3, -0.25) is 4.79 Å². The average Bonchev–Trinajstić information content (AvgIpc) is 2.75. The van der Waals surface area contributed by atoms with E-state index in [-0.39, 0.29) is 11.3 Å². The zero-order valence-electron chi connectivity index (χ0n) is 11.7. The van der Waals surface area contributed by atoms with Gasteiger partial charge < -0.3 is 5.32 Å². The summed E-state index contributed by atoms with van der Waals surface area (Å²) in [4.78, 5) is 12.5. The first kappa shape index (κ1) is 14.4. The SMILES string of the molecule is CC1(C)CCCCC1C(=O)NC1CCCC1CBr. The Morgan fingerprint density at radius 3 is 2.67 bits per heavy atom. The summed E-state index contributed by atoms with van der Waals surface area (Å²) in [5.41, 5.74) is 0.185. The Hall–Kier alpha value is -0.0500. The lowest BCUT2D eigenvalue weighted by Gasteiger charge is -2.38. The first-order chi connectivity index (χ1) is 8.54. The Bertz CT molecular complexity index is 303. The van der Waals surface area contributed by atoms with Gasteiger partial charge in [-0.25, -0.2) is 0 Å². The third kappa shape index (κ3) is 3.09. The summed E-state index contributed by atoms with van der Waals surface area (Å²) in [6, 6.07) is 0.412. The highest BCUT2D eigenvalue weighted by Crippen LogP contribution is 2.41. The van der Waals surface area contributed by atoms with Gasteiger partial charge in [-0.15, -0.1) is 0 Å². The highest BCUT2D eigenvalue weighted by atomic mass is 79.9. The third-order valence-corrected chi connectivity index (χ3v) is 5.84. The van der Waals surface area contributed by atoms with Crippen LogP contribution in [0.2, 0.25) is 0 Å². The lowest BCUT2D eigenvalue weighted by Crippen LogP contribution is -2.46. The highest BCUT2D eigenvalue weighted by molar-refractivity contribution is 9.09. The minimum absolute atomic E-state index is 0.185. The fourth-order valence-corrected chi connectivity index (χ4v) is 4.45. The number of nitrogens with one attached hydrogen (secondary N) is 1. The molecule has 1 amide bonds. The molecular weight excluding hydrogens is 290 g/mol. The van der Waals surface area contributed by atoms with E-state index in [0.29, 0.717) is 17.9 Å². The highest BCUT2D eigenvalue weighted by Gasteiger charge is 2.38. The van der Waals surface area contributed by atoms with E-state index in [2.05, 4.69) is 35.1 Å². The molecule has 0 radical (unpaired) electrons. The molecule has 0 spiro atoms. The molecule has 0 heterocycles. The number of hydrogen-bond acceptors (Lipinski definition) is 1. The van der Waals surface area contributed by atoms with E-state index in [1.807, 2.05) is 0 Å².